The quantitative estimate of drug-likeness (QED) is 0.448. The summed E-state index contributed by atoms with van der Waals surface area (Å²) in [7, 11) is 0. The van der Waals surface area contributed by atoms with Crippen molar-refractivity contribution in [3.05, 3.63) is 89.6 Å². The van der Waals surface area contributed by atoms with E-state index in [9.17, 15) is 19.8 Å². The molecular formula is C28H31N3O5. The first kappa shape index (κ1) is 24.2. The molecule has 0 radical (unpaired) electrons. The number of aromatic nitrogens is 1. The summed E-state index contributed by atoms with van der Waals surface area (Å²) in [4.78, 5) is 31.7. The first-order valence-corrected chi connectivity index (χ1v) is 12.5. The van der Waals surface area contributed by atoms with E-state index in [-0.39, 0.29) is 18.0 Å². The van der Waals surface area contributed by atoms with Gasteiger partial charge in [0.15, 0.2) is 18.1 Å². The van der Waals surface area contributed by atoms with E-state index in [2.05, 4.69) is 10.3 Å². The lowest BCUT2D eigenvalue weighted by atomic mass is 9.80. The molecule has 3 atom stereocenters. The fourth-order valence-electron chi connectivity index (χ4n) is 5.12. The highest BCUT2D eigenvalue weighted by Gasteiger charge is 2.41. The highest BCUT2D eigenvalue weighted by Crippen LogP contribution is 2.37. The van der Waals surface area contributed by atoms with Crippen LogP contribution in [0.3, 0.4) is 0 Å². The molecular weight excluding hydrogens is 458 g/mol. The zero-order valence-corrected chi connectivity index (χ0v) is 20.0. The molecule has 2 fully saturated rings. The van der Waals surface area contributed by atoms with Crippen molar-refractivity contribution in [3.63, 3.8) is 0 Å². The normalized spacial score (nSPS) is 23.1. The predicted octanol–water partition coefficient (Wildman–Crippen LogP) is 2.71. The summed E-state index contributed by atoms with van der Waals surface area (Å²) in [6, 6.07) is 19.3. The van der Waals surface area contributed by atoms with Gasteiger partial charge >= 0.3 is 0 Å². The van der Waals surface area contributed by atoms with Crippen LogP contribution >= 0.6 is 0 Å². The van der Waals surface area contributed by atoms with Gasteiger partial charge in [-0.05, 0) is 36.8 Å². The molecule has 3 N–H and O–H groups in total. The molecule has 3 aromatic rings. The third kappa shape index (κ3) is 5.20. The van der Waals surface area contributed by atoms with Crippen LogP contribution in [0, 0.1) is 0 Å². The average Bonchev–Trinajstić information content (AvgIpc) is 3.55. The third-order valence-electron chi connectivity index (χ3n) is 7.17. The van der Waals surface area contributed by atoms with E-state index in [0.29, 0.717) is 31.7 Å². The maximum absolute atomic E-state index is 12.9. The molecule has 2 aliphatic rings. The second kappa shape index (κ2) is 10.6. The van der Waals surface area contributed by atoms with E-state index in [1.165, 1.54) is 0 Å². The Balaban J connectivity index is 1.11. The highest BCUT2D eigenvalue weighted by molar-refractivity contribution is 5.91. The van der Waals surface area contributed by atoms with Crippen molar-refractivity contribution in [3.8, 4) is 0 Å². The molecule has 36 heavy (non-hydrogen) atoms. The Morgan fingerprint density at radius 3 is 2.44 bits per heavy atom. The van der Waals surface area contributed by atoms with Crippen molar-refractivity contribution in [2.45, 2.75) is 62.3 Å². The number of nitrogens with zero attached hydrogens (tertiary/aromatic N) is 2. The molecule has 1 saturated heterocycles. The molecule has 1 aliphatic heterocycles. The fraction of sp³-hybridized carbons (Fsp3) is 0.393. The second-order valence-corrected chi connectivity index (χ2v) is 9.70. The number of carbonyl (C=O) groups is 2. The van der Waals surface area contributed by atoms with E-state index in [0.717, 1.165) is 29.7 Å². The molecule has 1 aliphatic carbocycles. The molecule has 188 valence electrons. The topological polar surface area (TPSA) is 116 Å². The number of oxazole rings is 1. The Hall–Kier alpha value is -3.49. The number of amides is 2. The van der Waals surface area contributed by atoms with Crippen LogP contribution < -0.4 is 5.32 Å². The number of carbonyl (C=O) groups excluding carboxylic acids is 2. The number of benzene rings is 2. The van der Waals surface area contributed by atoms with Gasteiger partial charge in [0, 0.05) is 24.9 Å². The second-order valence-electron chi connectivity index (χ2n) is 9.70. The number of aliphatic hydroxyl groups excluding tert-OH is 2. The van der Waals surface area contributed by atoms with Gasteiger partial charge in [-0.15, -0.1) is 0 Å². The van der Waals surface area contributed by atoms with Gasteiger partial charge in [0.2, 0.25) is 0 Å². The molecule has 8 nitrogen and oxygen atoms in total. The zero-order valence-electron chi connectivity index (χ0n) is 20.0. The molecule has 1 aromatic heterocycles. The zero-order chi connectivity index (χ0) is 25.1. The molecule has 1 saturated carbocycles. The van der Waals surface area contributed by atoms with Gasteiger partial charge in [-0.3, -0.25) is 9.59 Å². The summed E-state index contributed by atoms with van der Waals surface area (Å²) in [6.45, 7) is 0.483. The highest BCUT2D eigenvalue weighted by atomic mass is 16.3. The van der Waals surface area contributed by atoms with E-state index in [1.54, 1.807) is 11.2 Å². The van der Waals surface area contributed by atoms with Crippen molar-refractivity contribution in [2.75, 3.05) is 6.54 Å². The van der Waals surface area contributed by atoms with Crippen LogP contribution in [0.4, 0.5) is 0 Å². The van der Waals surface area contributed by atoms with Crippen LogP contribution in [-0.4, -0.2) is 56.7 Å². The molecule has 2 aromatic carbocycles. The van der Waals surface area contributed by atoms with Gasteiger partial charge in [-0.1, -0.05) is 60.7 Å². The maximum atomic E-state index is 12.9. The molecule has 2 heterocycles. The number of nitrogens with one attached hydrogen (secondary N) is 1. The minimum Gasteiger partial charge on any atom is -0.448 e. The number of hydrogen-bond acceptors (Lipinski definition) is 6. The minimum absolute atomic E-state index is 0.0831. The van der Waals surface area contributed by atoms with Crippen molar-refractivity contribution < 1.29 is 24.2 Å². The molecule has 2 amide bonds. The average molecular weight is 490 g/mol. The van der Waals surface area contributed by atoms with Crippen LogP contribution in [0.15, 0.2) is 71.3 Å². The Labute approximate surface area is 210 Å². The Morgan fingerprint density at radius 2 is 1.72 bits per heavy atom. The molecule has 0 spiro atoms. The summed E-state index contributed by atoms with van der Waals surface area (Å²) < 4.78 is 5.65. The van der Waals surface area contributed by atoms with Gasteiger partial charge in [0.05, 0.1) is 11.7 Å². The van der Waals surface area contributed by atoms with E-state index in [4.69, 9.17) is 4.42 Å². The lowest BCUT2D eigenvalue weighted by Crippen LogP contribution is -2.54. The van der Waals surface area contributed by atoms with Crippen molar-refractivity contribution in [1.82, 2.24) is 15.2 Å². The first-order valence-electron chi connectivity index (χ1n) is 12.5. The monoisotopic (exact) mass is 489 g/mol. The largest absolute Gasteiger partial charge is 0.448 e. The van der Waals surface area contributed by atoms with Gasteiger partial charge in [-0.25, -0.2) is 4.98 Å². The van der Waals surface area contributed by atoms with Gasteiger partial charge < -0.3 is 24.8 Å². The molecule has 8 heteroatoms. The predicted molar refractivity (Wildman–Crippen MR) is 132 cm³/mol. The minimum atomic E-state index is -1.83. The number of aliphatic hydroxyl groups is 2. The summed E-state index contributed by atoms with van der Waals surface area (Å²) >= 11 is 0. The smallest absolute Gasteiger partial charge is 0.255 e. The van der Waals surface area contributed by atoms with E-state index < -0.39 is 24.0 Å². The molecule has 1 unspecified atom stereocenters. The molecule has 0 bridgehead atoms. The lowest BCUT2D eigenvalue weighted by molar-refractivity contribution is -0.154. The standard InChI is InChI=1S/C28H31N3O5/c32-24(25(33)28(35)31-13-7-12-23(31)19-10-5-2-6-11-19)26(34)29-21-15-20(16-21)27-30-22(17-36-27)14-18-8-3-1-4-9-18/h1-6,8-11,17,20-21,23-25,32-33H,7,12-16H2,(H,29,34)/t20?,21?,23?,24-,25-/m1/s1. The summed E-state index contributed by atoms with van der Waals surface area (Å²) in [5, 5.41) is 23.7. The van der Waals surface area contributed by atoms with Gasteiger partial charge in [0.1, 0.15) is 6.26 Å². The third-order valence-corrected chi connectivity index (χ3v) is 7.17. The van der Waals surface area contributed by atoms with Crippen molar-refractivity contribution in [2.24, 2.45) is 0 Å². The Kier molecular flexibility index (Phi) is 7.16. The SMILES string of the molecule is O=C(NC1CC(c2nc(Cc3ccccc3)co2)C1)[C@H](O)[C@@H](O)C(=O)N1CCCC1c1ccccc1. The summed E-state index contributed by atoms with van der Waals surface area (Å²) in [5.41, 5.74) is 2.99. The molecule has 5 rings (SSSR count). The number of likely N-dealkylation sites (tertiary alicyclic amines) is 1. The maximum Gasteiger partial charge on any atom is 0.255 e. The van der Waals surface area contributed by atoms with Crippen LogP contribution in [-0.2, 0) is 16.0 Å². The van der Waals surface area contributed by atoms with Crippen LogP contribution in [0.1, 0.15) is 60.4 Å². The Bertz CT molecular complexity index is 1180. The summed E-state index contributed by atoms with van der Waals surface area (Å²) in [5.74, 6) is -0.643. The van der Waals surface area contributed by atoms with Gasteiger partial charge in [0.25, 0.3) is 11.8 Å². The number of hydrogen-bond donors (Lipinski definition) is 3. The van der Waals surface area contributed by atoms with E-state index >= 15 is 0 Å². The van der Waals surface area contributed by atoms with Crippen LogP contribution in [0.5, 0.6) is 0 Å². The van der Waals surface area contributed by atoms with Gasteiger partial charge in [-0.2, -0.15) is 0 Å². The van der Waals surface area contributed by atoms with Crippen LogP contribution in [0.2, 0.25) is 0 Å². The lowest BCUT2D eigenvalue weighted by Gasteiger charge is -2.35. The number of rotatable bonds is 8. The summed E-state index contributed by atoms with van der Waals surface area (Å²) in [6.07, 6.45) is 1.55. The van der Waals surface area contributed by atoms with E-state index in [1.807, 2.05) is 60.7 Å². The van der Waals surface area contributed by atoms with Crippen molar-refractivity contribution >= 4 is 11.8 Å². The Morgan fingerprint density at radius 1 is 1.03 bits per heavy atom. The first-order chi connectivity index (χ1) is 17.5. The van der Waals surface area contributed by atoms with Crippen molar-refractivity contribution in [1.29, 1.82) is 0 Å². The van der Waals surface area contributed by atoms with Crippen LogP contribution in [0.25, 0.3) is 0 Å². The fourth-order valence-corrected chi connectivity index (χ4v) is 5.12.